The van der Waals surface area contributed by atoms with Gasteiger partial charge in [-0.15, -0.1) is 0 Å². The first-order chi connectivity index (χ1) is 14.2. The minimum absolute atomic E-state index is 0.114. The van der Waals surface area contributed by atoms with E-state index in [0.29, 0.717) is 23.9 Å². The molecule has 0 saturated heterocycles. The van der Waals surface area contributed by atoms with Crippen LogP contribution in [0.5, 0.6) is 0 Å². The smallest absolute Gasteiger partial charge is 0.272 e. The summed E-state index contributed by atoms with van der Waals surface area (Å²) in [6, 6.07) is 15.4. The van der Waals surface area contributed by atoms with E-state index in [2.05, 4.69) is 27.2 Å². The molecule has 1 N–H and O–H groups in total. The Hall–Kier alpha value is -3.28. The van der Waals surface area contributed by atoms with Crippen molar-refractivity contribution in [2.45, 2.75) is 26.2 Å². The van der Waals surface area contributed by atoms with Gasteiger partial charge in [-0.25, -0.2) is 9.97 Å². The molecule has 0 aliphatic heterocycles. The highest BCUT2D eigenvalue weighted by Crippen LogP contribution is 2.19. The summed E-state index contributed by atoms with van der Waals surface area (Å²) in [5, 5.41) is 3.32. The van der Waals surface area contributed by atoms with Gasteiger partial charge in [0.05, 0.1) is 0 Å². The highest BCUT2D eigenvalue weighted by Gasteiger charge is 2.17. The second kappa shape index (κ2) is 10.3. The van der Waals surface area contributed by atoms with E-state index in [1.165, 1.54) is 0 Å². The van der Waals surface area contributed by atoms with Crippen molar-refractivity contribution in [2.24, 2.45) is 0 Å². The Labute approximate surface area is 172 Å². The van der Waals surface area contributed by atoms with Gasteiger partial charge in [-0.05, 0) is 30.5 Å². The third kappa shape index (κ3) is 5.85. The normalized spacial score (nSPS) is 10.6. The molecule has 0 unspecified atom stereocenters. The van der Waals surface area contributed by atoms with Gasteiger partial charge in [0, 0.05) is 44.2 Å². The standard InChI is InChI=1S/C23H27N5O/c1-3-4-13-25-21-17-20(26-22(27-21)19-8-6-5-7-9-19)23(29)28(2)16-12-18-10-14-24-15-11-18/h5-11,14-15,17H,3-4,12-13,16H2,1-2H3,(H,25,26,27). The minimum atomic E-state index is -0.114. The van der Waals surface area contributed by atoms with Crippen LogP contribution in [0, 0.1) is 0 Å². The predicted molar refractivity (Wildman–Crippen MR) is 116 cm³/mol. The third-order valence-corrected chi connectivity index (χ3v) is 4.65. The molecule has 6 nitrogen and oxygen atoms in total. The topological polar surface area (TPSA) is 71.0 Å². The van der Waals surface area contributed by atoms with Crippen molar-refractivity contribution in [2.75, 3.05) is 25.5 Å². The SMILES string of the molecule is CCCCNc1cc(C(=O)N(C)CCc2ccncc2)nc(-c2ccccc2)n1. The van der Waals surface area contributed by atoms with E-state index in [9.17, 15) is 4.79 Å². The number of likely N-dealkylation sites (N-methyl/N-ethyl adjacent to an activating group) is 1. The molecule has 29 heavy (non-hydrogen) atoms. The maximum absolute atomic E-state index is 13.0. The molecule has 6 heteroatoms. The highest BCUT2D eigenvalue weighted by molar-refractivity contribution is 5.93. The van der Waals surface area contributed by atoms with Crippen LogP contribution >= 0.6 is 0 Å². The number of rotatable bonds is 9. The van der Waals surface area contributed by atoms with Crippen molar-refractivity contribution in [3.05, 3.63) is 72.2 Å². The van der Waals surface area contributed by atoms with Gasteiger partial charge in [0.1, 0.15) is 11.5 Å². The lowest BCUT2D eigenvalue weighted by Gasteiger charge is -2.18. The number of hydrogen-bond acceptors (Lipinski definition) is 5. The second-order valence-corrected chi connectivity index (χ2v) is 6.94. The number of aromatic nitrogens is 3. The van der Waals surface area contributed by atoms with Crippen molar-refractivity contribution in [1.82, 2.24) is 19.9 Å². The van der Waals surface area contributed by atoms with E-state index in [1.807, 2.05) is 42.5 Å². The average molecular weight is 390 g/mol. The van der Waals surface area contributed by atoms with Crippen LogP contribution in [0.1, 0.15) is 35.8 Å². The molecule has 2 aromatic heterocycles. The van der Waals surface area contributed by atoms with E-state index in [4.69, 9.17) is 0 Å². The van der Waals surface area contributed by atoms with Crippen LogP contribution < -0.4 is 5.32 Å². The Morgan fingerprint density at radius 2 is 1.83 bits per heavy atom. The maximum Gasteiger partial charge on any atom is 0.272 e. The van der Waals surface area contributed by atoms with Gasteiger partial charge in [-0.2, -0.15) is 0 Å². The monoisotopic (exact) mass is 389 g/mol. The van der Waals surface area contributed by atoms with Crippen LogP contribution in [-0.4, -0.2) is 45.9 Å². The first kappa shape index (κ1) is 20.5. The molecule has 0 atom stereocenters. The summed E-state index contributed by atoms with van der Waals surface area (Å²) < 4.78 is 0. The Morgan fingerprint density at radius 1 is 1.07 bits per heavy atom. The van der Waals surface area contributed by atoms with Crippen LogP contribution in [0.25, 0.3) is 11.4 Å². The van der Waals surface area contributed by atoms with Crippen LogP contribution in [0.3, 0.4) is 0 Å². The van der Waals surface area contributed by atoms with Crippen molar-refractivity contribution >= 4 is 11.7 Å². The quantitative estimate of drug-likeness (QED) is 0.559. The van der Waals surface area contributed by atoms with E-state index in [0.717, 1.165) is 36.9 Å². The third-order valence-electron chi connectivity index (χ3n) is 4.65. The van der Waals surface area contributed by atoms with E-state index < -0.39 is 0 Å². The molecule has 0 spiro atoms. The molecule has 0 bridgehead atoms. The Balaban J connectivity index is 1.80. The molecule has 0 radical (unpaired) electrons. The lowest BCUT2D eigenvalue weighted by molar-refractivity contribution is 0.0791. The highest BCUT2D eigenvalue weighted by atomic mass is 16.2. The number of carbonyl (C=O) groups is 1. The number of benzene rings is 1. The number of nitrogens with zero attached hydrogens (tertiary/aromatic N) is 4. The summed E-state index contributed by atoms with van der Waals surface area (Å²) in [6.45, 7) is 3.56. The van der Waals surface area contributed by atoms with Gasteiger partial charge in [0.15, 0.2) is 5.82 Å². The van der Waals surface area contributed by atoms with Gasteiger partial charge in [0.25, 0.3) is 5.91 Å². The lowest BCUT2D eigenvalue weighted by atomic mass is 10.2. The summed E-state index contributed by atoms with van der Waals surface area (Å²) in [6.07, 6.45) is 6.43. The number of unbranched alkanes of at least 4 members (excludes halogenated alkanes) is 1. The van der Waals surface area contributed by atoms with Gasteiger partial charge in [-0.1, -0.05) is 43.7 Å². The fourth-order valence-electron chi connectivity index (χ4n) is 2.90. The van der Waals surface area contributed by atoms with Gasteiger partial charge >= 0.3 is 0 Å². The largest absolute Gasteiger partial charge is 0.370 e. The van der Waals surface area contributed by atoms with Crippen molar-refractivity contribution in [3.63, 3.8) is 0 Å². The van der Waals surface area contributed by atoms with Crippen LogP contribution in [-0.2, 0) is 6.42 Å². The number of anilines is 1. The predicted octanol–water partition coefficient (Wildman–Crippen LogP) is 4.07. The summed E-state index contributed by atoms with van der Waals surface area (Å²) in [5.41, 5.74) is 2.43. The fourth-order valence-corrected chi connectivity index (χ4v) is 2.90. The summed E-state index contributed by atoms with van der Waals surface area (Å²) in [5.74, 6) is 1.12. The molecule has 150 valence electrons. The molecule has 1 aromatic carbocycles. The number of nitrogens with one attached hydrogen (secondary N) is 1. The lowest BCUT2D eigenvalue weighted by Crippen LogP contribution is -2.30. The molecular formula is C23H27N5O. The van der Waals surface area contributed by atoms with Crippen LogP contribution in [0.15, 0.2) is 60.9 Å². The minimum Gasteiger partial charge on any atom is -0.370 e. The molecule has 0 fully saturated rings. The van der Waals surface area contributed by atoms with Gasteiger partial charge in [0.2, 0.25) is 0 Å². The molecule has 2 heterocycles. The Morgan fingerprint density at radius 3 is 2.55 bits per heavy atom. The van der Waals surface area contributed by atoms with Gasteiger partial charge < -0.3 is 10.2 Å². The number of amides is 1. The van der Waals surface area contributed by atoms with Crippen molar-refractivity contribution < 1.29 is 4.79 Å². The van der Waals surface area contributed by atoms with E-state index >= 15 is 0 Å². The fraction of sp³-hybridized carbons (Fsp3) is 0.304. The van der Waals surface area contributed by atoms with Gasteiger partial charge in [-0.3, -0.25) is 9.78 Å². The van der Waals surface area contributed by atoms with Crippen LogP contribution in [0.4, 0.5) is 5.82 Å². The maximum atomic E-state index is 13.0. The van der Waals surface area contributed by atoms with Crippen molar-refractivity contribution in [3.8, 4) is 11.4 Å². The Bertz CT molecular complexity index is 915. The molecule has 0 saturated carbocycles. The summed E-state index contributed by atoms with van der Waals surface area (Å²) >= 11 is 0. The number of carbonyl (C=O) groups excluding carboxylic acids is 1. The first-order valence-corrected chi connectivity index (χ1v) is 10.00. The van der Waals surface area contributed by atoms with Crippen molar-refractivity contribution in [1.29, 1.82) is 0 Å². The average Bonchev–Trinajstić information content (AvgIpc) is 2.78. The van der Waals surface area contributed by atoms with Crippen LogP contribution in [0.2, 0.25) is 0 Å². The van der Waals surface area contributed by atoms with E-state index in [-0.39, 0.29) is 5.91 Å². The second-order valence-electron chi connectivity index (χ2n) is 6.94. The first-order valence-electron chi connectivity index (χ1n) is 10.00. The Kier molecular flexibility index (Phi) is 7.28. The summed E-state index contributed by atoms with van der Waals surface area (Å²) in [4.78, 5) is 27.9. The van der Waals surface area contributed by atoms with E-state index in [1.54, 1.807) is 30.4 Å². The molecule has 1 amide bonds. The zero-order valence-corrected chi connectivity index (χ0v) is 17.0. The zero-order valence-electron chi connectivity index (χ0n) is 17.0. The molecular weight excluding hydrogens is 362 g/mol. The molecule has 3 aromatic rings. The molecule has 3 rings (SSSR count). The number of hydrogen-bond donors (Lipinski definition) is 1. The molecule has 0 aliphatic carbocycles. The number of pyridine rings is 1. The molecule has 0 aliphatic rings. The zero-order chi connectivity index (χ0) is 20.5. The summed E-state index contributed by atoms with van der Waals surface area (Å²) in [7, 11) is 1.80.